The molecule has 16 heavy (non-hydrogen) atoms. The maximum absolute atomic E-state index is 5.40. The summed E-state index contributed by atoms with van der Waals surface area (Å²) in [7, 11) is -0.576. The highest BCUT2D eigenvalue weighted by Crippen LogP contribution is 2.57. The molecule has 1 aromatic rings. The summed E-state index contributed by atoms with van der Waals surface area (Å²) >= 11 is 0. The van der Waals surface area contributed by atoms with Gasteiger partial charge in [-0.05, 0) is 26.0 Å². The summed E-state index contributed by atoms with van der Waals surface area (Å²) in [6.45, 7) is 4.01. The van der Waals surface area contributed by atoms with Gasteiger partial charge in [0.15, 0.2) is 0 Å². The van der Waals surface area contributed by atoms with E-state index >= 15 is 0 Å². The summed E-state index contributed by atoms with van der Waals surface area (Å²) in [6.07, 6.45) is 0. The molecule has 0 saturated heterocycles. The van der Waals surface area contributed by atoms with E-state index in [-0.39, 0.29) is 5.85 Å². The number of hydrazone groups is 1. The van der Waals surface area contributed by atoms with Crippen molar-refractivity contribution in [3.8, 4) is 0 Å². The lowest BCUT2D eigenvalue weighted by Crippen LogP contribution is -2.13. The zero-order valence-electron chi connectivity index (χ0n) is 9.16. The second-order valence-electron chi connectivity index (χ2n) is 3.81. The van der Waals surface area contributed by atoms with Gasteiger partial charge in [0, 0.05) is 0 Å². The molecule has 0 fully saturated rings. The highest BCUT2D eigenvalue weighted by atomic mass is 31.1. The third kappa shape index (κ3) is 1.34. The van der Waals surface area contributed by atoms with Crippen LogP contribution in [0.5, 0.6) is 0 Å². The summed E-state index contributed by atoms with van der Waals surface area (Å²) in [5, 5.41) is 8.64. The predicted octanol–water partition coefficient (Wildman–Crippen LogP) is 2.97. The Bertz CT molecular complexity index is 471. The highest BCUT2D eigenvalue weighted by molar-refractivity contribution is 7.78. The van der Waals surface area contributed by atoms with Gasteiger partial charge in [0.1, 0.15) is 13.5 Å². The van der Waals surface area contributed by atoms with E-state index in [1.54, 1.807) is 0 Å². The van der Waals surface area contributed by atoms with E-state index in [2.05, 4.69) is 27.2 Å². The van der Waals surface area contributed by atoms with Crippen LogP contribution >= 0.6 is 8.07 Å². The molecule has 4 nitrogen and oxygen atoms in total. The molecule has 1 unspecified atom stereocenters. The van der Waals surface area contributed by atoms with E-state index in [0.29, 0.717) is 0 Å². The van der Waals surface area contributed by atoms with Crippen LogP contribution in [0.4, 0.5) is 5.69 Å². The minimum Gasteiger partial charge on any atom is -0.379 e. The molecule has 2 aliphatic heterocycles. The molecule has 0 N–H and O–H groups in total. The average molecular weight is 233 g/mol. The molecule has 0 spiro atoms. The number of oxime groups is 1. The standard InChI is InChI=1S/C11H12N3OP/c1-8-11-15-13-9(2)16(11)14(12-8)10-6-4-3-5-7-10/h3-7,11H,1-2H3/t11-,16?/m0/s1. The smallest absolute Gasteiger partial charge is 0.210 e. The summed E-state index contributed by atoms with van der Waals surface area (Å²) in [5.41, 5.74) is 3.16. The Kier molecular flexibility index (Phi) is 2.18. The Morgan fingerprint density at radius 1 is 1.25 bits per heavy atom. The fourth-order valence-electron chi connectivity index (χ4n) is 1.86. The summed E-state index contributed by atoms with van der Waals surface area (Å²) in [4.78, 5) is 5.40. The van der Waals surface area contributed by atoms with E-state index in [0.717, 1.165) is 16.9 Å². The van der Waals surface area contributed by atoms with E-state index in [1.807, 2.05) is 32.0 Å². The number of hydrogen-bond donors (Lipinski definition) is 0. The van der Waals surface area contributed by atoms with Crippen molar-refractivity contribution in [2.75, 3.05) is 4.78 Å². The van der Waals surface area contributed by atoms with Crippen molar-refractivity contribution in [2.45, 2.75) is 19.7 Å². The highest BCUT2D eigenvalue weighted by Gasteiger charge is 2.44. The number of anilines is 1. The number of benzene rings is 1. The van der Waals surface area contributed by atoms with Gasteiger partial charge in [-0.3, -0.25) is 0 Å². The van der Waals surface area contributed by atoms with Gasteiger partial charge in [-0.15, -0.1) is 0 Å². The van der Waals surface area contributed by atoms with Gasteiger partial charge in [-0.25, -0.2) is 4.78 Å². The first-order chi connectivity index (χ1) is 7.77. The van der Waals surface area contributed by atoms with Crippen LogP contribution in [0.1, 0.15) is 13.8 Å². The van der Waals surface area contributed by atoms with E-state index in [4.69, 9.17) is 4.84 Å². The summed E-state index contributed by atoms with van der Waals surface area (Å²) in [6, 6.07) is 10.2. The Balaban J connectivity index is 2.00. The zero-order chi connectivity index (χ0) is 11.1. The second kappa shape index (κ2) is 3.56. The fraction of sp³-hybridized carbons (Fsp3) is 0.273. The van der Waals surface area contributed by atoms with Gasteiger partial charge >= 0.3 is 0 Å². The molecule has 0 aromatic heterocycles. The third-order valence-electron chi connectivity index (χ3n) is 2.64. The molecule has 2 heterocycles. The normalized spacial score (nSPS) is 27.2. The largest absolute Gasteiger partial charge is 0.379 e. The van der Waals surface area contributed by atoms with Gasteiger partial charge < -0.3 is 4.84 Å². The number of hydrogen-bond acceptors (Lipinski definition) is 4. The molecule has 5 heteroatoms. The molecule has 0 radical (unpaired) electrons. The van der Waals surface area contributed by atoms with E-state index < -0.39 is 8.07 Å². The average Bonchev–Trinajstić information content (AvgIpc) is 2.83. The van der Waals surface area contributed by atoms with Crippen molar-refractivity contribution in [1.82, 2.24) is 0 Å². The quantitative estimate of drug-likeness (QED) is 0.699. The lowest BCUT2D eigenvalue weighted by Gasteiger charge is -2.20. The predicted molar refractivity (Wildman–Crippen MR) is 66.9 cm³/mol. The van der Waals surface area contributed by atoms with Crippen LogP contribution in [0.3, 0.4) is 0 Å². The number of fused-ring (bicyclic) bond motifs is 1. The topological polar surface area (TPSA) is 37.2 Å². The fourth-order valence-corrected chi connectivity index (χ4v) is 3.97. The summed E-state index contributed by atoms with van der Waals surface area (Å²) < 4.78 is 2.06. The van der Waals surface area contributed by atoms with Crippen molar-refractivity contribution in [1.29, 1.82) is 0 Å². The van der Waals surface area contributed by atoms with Crippen LogP contribution in [0.15, 0.2) is 40.6 Å². The van der Waals surface area contributed by atoms with Crippen molar-refractivity contribution >= 4 is 24.9 Å². The van der Waals surface area contributed by atoms with Crippen molar-refractivity contribution in [3.63, 3.8) is 0 Å². The maximum atomic E-state index is 5.40. The van der Waals surface area contributed by atoms with Crippen LogP contribution in [0.25, 0.3) is 0 Å². The van der Waals surface area contributed by atoms with Crippen LogP contribution in [0, 0.1) is 0 Å². The second-order valence-corrected chi connectivity index (χ2v) is 5.99. The summed E-state index contributed by atoms with van der Waals surface area (Å²) in [5.74, 6) is 0.0511. The van der Waals surface area contributed by atoms with E-state index in [1.165, 1.54) is 0 Å². The SMILES string of the molecule is CC1=NN(c2ccccc2)P2C(C)=NO[C@H]12. The Labute approximate surface area is 95.4 Å². The molecule has 0 amide bonds. The Morgan fingerprint density at radius 2 is 2.00 bits per heavy atom. The molecular weight excluding hydrogens is 221 g/mol. The number of nitrogens with zero attached hydrogens (tertiary/aromatic N) is 3. The lowest BCUT2D eigenvalue weighted by molar-refractivity contribution is 0.168. The number of rotatable bonds is 1. The van der Waals surface area contributed by atoms with Gasteiger partial charge in [0.25, 0.3) is 0 Å². The van der Waals surface area contributed by atoms with Crippen molar-refractivity contribution < 1.29 is 4.84 Å². The molecule has 0 bridgehead atoms. The van der Waals surface area contributed by atoms with Gasteiger partial charge in [0.2, 0.25) is 5.85 Å². The van der Waals surface area contributed by atoms with Crippen molar-refractivity contribution in [2.24, 2.45) is 10.3 Å². The zero-order valence-corrected chi connectivity index (χ0v) is 10.1. The molecule has 2 aliphatic rings. The van der Waals surface area contributed by atoms with E-state index in [9.17, 15) is 0 Å². The molecular formula is C11H12N3OP. The van der Waals surface area contributed by atoms with Crippen LogP contribution in [-0.2, 0) is 4.84 Å². The monoisotopic (exact) mass is 233 g/mol. The van der Waals surface area contributed by atoms with Gasteiger partial charge in [-0.1, -0.05) is 23.4 Å². The minimum atomic E-state index is -0.576. The number of para-hydroxylation sites is 1. The molecule has 2 atom stereocenters. The van der Waals surface area contributed by atoms with Crippen LogP contribution in [0.2, 0.25) is 0 Å². The first-order valence-corrected chi connectivity index (χ1v) is 6.53. The van der Waals surface area contributed by atoms with Crippen LogP contribution < -0.4 is 4.78 Å². The molecule has 82 valence electrons. The minimum absolute atomic E-state index is 0.0511. The maximum Gasteiger partial charge on any atom is 0.210 e. The Morgan fingerprint density at radius 3 is 2.75 bits per heavy atom. The third-order valence-corrected chi connectivity index (χ3v) is 5.02. The Hall–Kier alpha value is -1.41. The van der Waals surface area contributed by atoms with Gasteiger partial charge in [-0.2, -0.15) is 5.10 Å². The van der Waals surface area contributed by atoms with Crippen molar-refractivity contribution in [3.05, 3.63) is 30.3 Å². The lowest BCUT2D eigenvalue weighted by atomic mass is 10.3. The first kappa shape index (κ1) is 9.79. The molecule has 1 aromatic carbocycles. The first-order valence-electron chi connectivity index (χ1n) is 5.17. The molecule has 0 saturated carbocycles. The molecule has 3 rings (SSSR count). The van der Waals surface area contributed by atoms with Gasteiger partial charge in [0.05, 0.1) is 11.4 Å². The molecule has 0 aliphatic carbocycles. The van der Waals surface area contributed by atoms with Crippen LogP contribution in [-0.4, -0.2) is 17.0 Å².